The molecule has 1 aliphatic heterocycles. The Morgan fingerprint density at radius 2 is 1.96 bits per heavy atom. The molecular formula is C21H23BrN2O4. The number of methoxy groups -OCH3 is 2. The Balaban J connectivity index is 1.72. The molecule has 0 saturated carbocycles. The van der Waals surface area contributed by atoms with Gasteiger partial charge >= 0.3 is 0 Å². The summed E-state index contributed by atoms with van der Waals surface area (Å²) < 4.78 is 11.5. The second-order valence-corrected chi connectivity index (χ2v) is 7.55. The second kappa shape index (κ2) is 8.65. The van der Waals surface area contributed by atoms with Crippen LogP contribution in [-0.2, 0) is 9.59 Å². The first-order valence-electron chi connectivity index (χ1n) is 9.01. The summed E-state index contributed by atoms with van der Waals surface area (Å²) in [5, 5.41) is 3.01. The van der Waals surface area contributed by atoms with Crippen molar-refractivity contribution in [2.75, 3.05) is 25.7 Å². The van der Waals surface area contributed by atoms with Crippen LogP contribution < -0.4 is 19.7 Å². The molecule has 0 aromatic heterocycles. The molecule has 6 nitrogen and oxygen atoms in total. The van der Waals surface area contributed by atoms with Crippen LogP contribution in [-0.4, -0.2) is 32.6 Å². The van der Waals surface area contributed by atoms with Gasteiger partial charge in [-0.05, 0) is 53.2 Å². The van der Waals surface area contributed by atoms with E-state index in [9.17, 15) is 9.59 Å². The van der Waals surface area contributed by atoms with Crippen molar-refractivity contribution in [1.29, 1.82) is 0 Å². The molecule has 0 bridgehead atoms. The van der Waals surface area contributed by atoms with Crippen molar-refractivity contribution >= 4 is 33.4 Å². The van der Waals surface area contributed by atoms with Crippen LogP contribution in [0.5, 0.6) is 11.5 Å². The van der Waals surface area contributed by atoms with Crippen molar-refractivity contribution in [3.8, 4) is 11.5 Å². The Labute approximate surface area is 172 Å². The standard InChI is InChI=1S/C21H23BrN2O4/c1-13(16-11-15(27-2)8-9-19(16)28-3)23-21(26)14-10-20(25)24(12-14)18-7-5-4-6-17(18)22/h4-9,11,13-14H,10,12H2,1-3H3,(H,23,26). The summed E-state index contributed by atoms with van der Waals surface area (Å²) in [7, 11) is 3.18. The van der Waals surface area contributed by atoms with Crippen molar-refractivity contribution in [3.63, 3.8) is 0 Å². The Bertz CT molecular complexity index is 886. The number of para-hydroxylation sites is 1. The lowest BCUT2D eigenvalue weighted by atomic mass is 10.0. The number of anilines is 1. The fraction of sp³-hybridized carbons (Fsp3) is 0.333. The molecule has 1 heterocycles. The average molecular weight is 447 g/mol. The summed E-state index contributed by atoms with van der Waals surface area (Å²) in [6, 6.07) is 12.7. The minimum atomic E-state index is -0.404. The lowest BCUT2D eigenvalue weighted by molar-refractivity contribution is -0.126. The number of nitrogens with zero attached hydrogens (tertiary/aromatic N) is 1. The first kappa shape index (κ1) is 20.2. The number of ether oxygens (including phenoxy) is 2. The molecule has 0 aliphatic carbocycles. The first-order valence-corrected chi connectivity index (χ1v) is 9.81. The van der Waals surface area contributed by atoms with Crippen LogP contribution >= 0.6 is 15.9 Å². The molecule has 2 atom stereocenters. The van der Waals surface area contributed by atoms with Crippen molar-refractivity contribution < 1.29 is 19.1 Å². The number of hydrogen-bond acceptors (Lipinski definition) is 4. The monoisotopic (exact) mass is 446 g/mol. The molecule has 1 N–H and O–H groups in total. The van der Waals surface area contributed by atoms with Gasteiger partial charge < -0.3 is 19.7 Å². The summed E-state index contributed by atoms with van der Waals surface area (Å²) in [6.45, 7) is 2.24. The van der Waals surface area contributed by atoms with Crippen LogP contribution in [0.25, 0.3) is 0 Å². The number of nitrogens with one attached hydrogen (secondary N) is 1. The molecule has 0 spiro atoms. The zero-order valence-electron chi connectivity index (χ0n) is 16.1. The van der Waals surface area contributed by atoms with Crippen LogP contribution in [0.3, 0.4) is 0 Å². The van der Waals surface area contributed by atoms with E-state index in [1.807, 2.05) is 49.4 Å². The van der Waals surface area contributed by atoms with Crippen molar-refractivity contribution in [1.82, 2.24) is 5.32 Å². The zero-order valence-corrected chi connectivity index (χ0v) is 17.7. The highest BCUT2D eigenvalue weighted by atomic mass is 79.9. The SMILES string of the molecule is COc1ccc(OC)c(C(C)NC(=O)C2CC(=O)N(c3ccccc3Br)C2)c1. The maximum absolute atomic E-state index is 12.8. The van der Waals surface area contributed by atoms with E-state index in [1.54, 1.807) is 19.1 Å². The second-order valence-electron chi connectivity index (χ2n) is 6.69. The largest absolute Gasteiger partial charge is 0.497 e. The van der Waals surface area contributed by atoms with Crippen LogP contribution in [0.1, 0.15) is 24.9 Å². The number of hydrogen-bond donors (Lipinski definition) is 1. The van der Waals surface area contributed by atoms with Gasteiger partial charge in [-0.15, -0.1) is 0 Å². The van der Waals surface area contributed by atoms with Crippen molar-refractivity contribution in [2.24, 2.45) is 5.92 Å². The van der Waals surface area contributed by atoms with Gasteiger partial charge in [-0.1, -0.05) is 12.1 Å². The number of amides is 2. The molecule has 0 radical (unpaired) electrons. The number of carbonyl (C=O) groups excluding carboxylic acids is 2. The van der Waals surface area contributed by atoms with Crippen molar-refractivity contribution in [3.05, 3.63) is 52.5 Å². The van der Waals surface area contributed by atoms with Gasteiger partial charge in [0.15, 0.2) is 0 Å². The van der Waals surface area contributed by atoms with Gasteiger partial charge in [0, 0.05) is 23.0 Å². The van der Waals surface area contributed by atoms with Crippen LogP contribution in [0.4, 0.5) is 5.69 Å². The third kappa shape index (κ3) is 4.14. The van der Waals surface area contributed by atoms with Crippen LogP contribution in [0.15, 0.2) is 46.9 Å². The molecule has 2 amide bonds. The smallest absolute Gasteiger partial charge is 0.227 e. The minimum Gasteiger partial charge on any atom is -0.497 e. The van der Waals surface area contributed by atoms with Gasteiger partial charge in [0.25, 0.3) is 0 Å². The van der Waals surface area contributed by atoms with Gasteiger partial charge in [0.05, 0.1) is 31.9 Å². The summed E-state index contributed by atoms with van der Waals surface area (Å²) in [5.41, 5.74) is 1.60. The highest BCUT2D eigenvalue weighted by Crippen LogP contribution is 2.33. The van der Waals surface area contributed by atoms with Crippen LogP contribution in [0, 0.1) is 5.92 Å². The maximum Gasteiger partial charge on any atom is 0.227 e. The van der Waals surface area contributed by atoms with Crippen LogP contribution in [0.2, 0.25) is 0 Å². The van der Waals surface area contributed by atoms with E-state index in [4.69, 9.17) is 9.47 Å². The fourth-order valence-corrected chi connectivity index (χ4v) is 3.87. The lowest BCUT2D eigenvalue weighted by Gasteiger charge is -2.21. The van der Waals surface area contributed by atoms with Gasteiger partial charge in [0.2, 0.25) is 11.8 Å². The van der Waals surface area contributed by atoms with E-state index < -0.39 is 5.92 Å². The van der Waals surface area contributed by atoms with Gasteiger partial charge in [-0.3, -0.25) is 9.59 Å². The van der Waals surface area contributed by atoms with E-state index >= 15 is 0 Å². The van der Waals surface area contributed by atoms with Gasteiger partial charge in [-0.2, -0.15) is 0 Å². The summed E-state index contributed by atoms with van der Waals surface area (Å²) in [4.78, 5) is 26.9. The Morgan fingerprint density at radius 3 is 2.64 bits per heavy atom. The Morgan fingerprint density at radius 1 is 1.21 bits per heavy atom. The first-order chi connectivity index (χ1) is 13.4. The number of halogens is 1. The topological polar surface area (TPSA) is 67.9 Å². The van der Waals surface area contributed by atoms with Crippen molar-refractivity contribution in [2.45, 2.75) is 19.4 Å². The molecular weight excluding hydrogens is 424 g/mol. The van der Waals surface area contributed by atoms with E-state index in [0.29, 0.717) is 18.0 Å². The third-order valence-electron chi connectivity index (χ3n) is 4.90. The fourth-order valence-electron chi connectivity index (χ4n) is 3.37. The number of benzene rings is 2. The molecule has 1 saturated heterocycles. The summed E-state index contributed by atoms with van der Waals surface area (Å²) >= 11 is 3.47. The minimum absolute atomic E-state index is 0.0568. The van der Waals surface area contributed by atoms with Gasteiger partial charge in [-0.25, -0.2) is 0 Å². The predicted molar refractivity (Wildman–Crippen MR) is 111 cm³/mol. The lowest BCUT2D eigenvalue weighted by Crippen LogP contribution is -2.34. The molecule has 2 unspecified atom stereocenters. The zero-order chi connectivity index (χ0) is 20.3. The van der Waals surface area contributed by atoms with E-state index in [1.165, 1.54) is 0 Å². The third-order valence-corrected chi connectivity index (χ3v) is 5.57. The molecule has 1 fully saturated rings. The normalized spacial score (nSPS) is 17.4. The summed E-state index contributed by atoms with van der Waals surface area (Å²) in [5.74, 6) is 0.747. The Kier molecular flexibility index (Phi) is 6.24. The highest BCUT2D eigenvalue weighted by Gasteiger charge is 2.36. The predicted octanol–water partition coefficient (Wildman–Crippen LogP) is 3.70. The average Bonchev–Trinajstić information content (AvgIpc) is 3.09. The molecule has 2 aromatic carbocycles. The molecule has 28 heavy (non-hydrogen) atoms. The summed E-state index contributed by atoms with van der Waals surface area (Å²) in [6.07, 6.45) is 0.190. The van der Waals surface area contributed by atoms with E-state index in [-0.39, 0.29) is 24.3 Å². The van der Waals surface area contributed by atoms with Gasteiger partial charge in [0.1, 0.15) is 11.5 Å². The molecule has 7 heteroatoms. The quantitative estimate of drug-likeness (QED) is 0.734. The molecule has 3 rings (SSSR count). The highest BCUT2D eigenvalue weighted by molar-refractivity contribution is 9.10. The Hall–Kier alpha value is -2.54. The number of carbonyl (C=O) groups is 2. The molecule has 2 aromatic rings. The van der Waals surface area contributed by atoms with E-state index in [0.717, 1.165) is 15.7 Å². The van der Waals surface area contributed by atoms with E-state index in [2.05, 4.69) is 21.2 Å². The maximum atomic E-state index is 12.8. The number of rotatable bonds is 6. The molecule has 148 valence electrons. The molecule has 1 aliphatic rings.